The zero-order chi connectivity index (χ0) is 11.8. The largest absolute Gasteiger partial charge is 0.339 e. The summed E-state index contributed by atoms with van der Waals surface area (Å²) in [6, 6.07) is 0.479. The lowest BCUT2D eigenvalue weighted by Gasteiger charge is -2.39. The Morgan fingerprint density at radius 1 is 1.50 bits per heavy atom. The van der Waals surface area contributed by atoms with Crippen LogP contribution in [0.5, 0.6) is 0 Å². The van der Waals surface area contributed by atoms with E-state index in [9.17, 15) is 4.79 Å². The SMILES string of the molecule is CC1(C)CCCC(N2CC(CN)CC2=O)C1. The van der Waals surface area contributed by atoms with Crippen molar-refractivity contribution in [1.29, 1.82) is 0 Å². The molecule has 1 saturated carbocycles. The van der Waals surface area contributed by atoms with Gasteiger partial charge in [0.2, 0.25) is 5.91 Å². The van der Waals surface area contributed by atoms with Crippen LogP contribution in [0.25, 0.3) is 0 Å². The van der Waals surface area contributed by atoms with Gasteiger partial charge in [-0.1, -0.05) is 20.3 Å². The average Bonchev–Trinajstić information content (AvgIpc) is 2.58. The molecule has 2 rings (SSSR count). The third-order valence-electron chi connectivity index (χ3n) is 4.19. The van der Waals surface area contributed by atoms with E-state index in [0.29, 0.717) is 36.2 Å². The van der Waals surface area contributed by atoms with E-state index >= 15 is 0 Å². The minimum atomic E-state index is 0.332. The molecular weight excluding hydrogens is 200 g/mol. The van der Waals surface area contributed by atoms with Crippen molar-refractivity contribution >= 4 is 5.91 Å². The van der Waals surface area contributed by atoms with Gasteiger partial charge in [0, 0.05) is 19.0 Å². The summed E-state index contributed by atoms with van der Waals surface area (Å²) in [4.78, 5) is 14.0. The highest BCUT2D eigenvalue weighted by atomic mass is 16.2. The summed E-state index contributed by atoms with van der Waals surface area (Å²) in [5.74, 6) is 0.732. The van der Waals surface area contributed by atoms with Crippen LogP contribution in [0.15, 0.2) is 0 Å². The minimum absolute atomic E-state index is 0.332. The number of hydrogen-bond donors (Lipinski definition) is 1. The topological polar surface area (TPSA) is 46.3 Å². The Morgan fingerprint density at radius 3 is 2.81 bits per heavy atom. The summed E-state index contributed by atoms with van der Waals surface area (Å²) >= 11 is 0. The van der Waals surface area contributed by atoms with Crippen LogP contribution in [0.3, 0.4) is 0 Å². The zero-order valence-corrected chi connectivity index (χ0v) is 10.5. The lowest BCUT2D eigenvalue weighted by molar-refractivity contribution is -0.130. The molecule has 2 unspecified atom stereocenters. The lowest BCUT2D eigenvalue weighted by atomic mass is 9.75. The molecule has 2 atom stereocenters. The van der Waals surface area contributed by atoms with Gasteiger partial charge < -0.3 is 10.6 Å². The zero-order valence-electron chi connectivity index (χ0n) is 10.5. The normalized spacial score (nSPS) is 34.4. The van der Waals surface area contributed by atoms with Crippen LogP contribution in [0, 0.1) is 11.3 Å². The third-order valence-corrected chi connectivity index (χ3v) is 4.19. The van der Waals surface area contributed by atoms with Gasteiger partial charge in [-0.3, -0.25) is 4.79 Å². The first-order chi connectivity index (χ1) is 7.52. The molecule has 1 aliphatic carbocycles. The van der Waals surface area contributed by atoms with Gasteiger partial charge >= 0.3 is 0 Å². The van der Waals surface area contributed by atoms with Crippen LogP contribution in [0.2, 0.25) is 0 Å². The van der Waals surface area contributed by atoms with Crippen molar-refractivity contribution in [2.24, 2.45) is 17.1 Å². The van der Waals surface area contributed by atoms with Crippen LogP contribution >= 0.6 is 0 Å². The first-order valence-electron chi connectivity index (χ1n) is 6.51. The van der Waals surface area contributed by atoms with Crippen molar-refractivity contribution in [2.75, 3.05) is 13.1 Å². The molecule has 0 radical (unpaired) electrons. The summed E-state index contributed by atoms with van der Waals surface area (Å²) < 4.78 is 0. The van der Waals surface area contributed by atoms with Crippen LogP contribution in [0.4, 0.5) is 0 Å². The van der Waals surface area contributed by atoms with E-state index in [4.69, 9.17) is 5.73 Å². The fourth-order valence-corrected chi connectivity index (χ4v) is 3.24. The van der Waals surface area contributed by atoms with E-state index < -0.39 is 0 Å². The number of nitrogens with zero attached hydrogens (tertiary/aromatic N) is 1. The summed E-state index contributed by atoms with van der Waals surface area (Å²) in [5.41, 5.74) is 6.07. The highest BCUT2D eigenvalue weighted by Crippen LogP contribution is 2.38. The fraction of sp³-hybridized carbons (Fsp3) is 0.923. The van der Waals surface area contributed by atoms with Crippen LogP contribution in [-0.2, 0) is 4.79 Å². The van der Waals surface area contributed by atoms with E-state index in [2.05, 4.69) is 18.7 Å². The molecule has 3 heteroatoms. The van der Waals surface area contributed by atoms with Crippen molar-refractivity contribution in [3.8, 4) is 0 Å². The molecule has 0 aromatic heterocycles. The second kappa shape index (κ2) is 4.36. The molecule has 0 bridgehead atoms. The summed E-state index contributed by atoms with van der Waals surface area (Å²) in [5, 5.41) is 0. The molecule has 1 aliphatic heterocycles. The monoisotopic (exact) mass is 224 g/mol. The Kier molecular flexibility index (Phi) is 3.24. The van der Waals surface area contributed by atoms with E-state index in [0.717, 1.165) is 13.0 Å². The van der Waals surface area contributed by atoms with Gasteiger partial charge in [-0.05, 0) is 37.1 Å². The molecule has 2 fully saturated rings. The highest BCUT2D eigenvalue weighted by molar-refractivity contribution is 5.79. The maximum absolute atomic E-state index is 11.9. The molecule has 1 heterocycles. The molecule has 1 saturated heterocycles. The number of rotatable bonds is 2. The van der Waals surface area contributed by atoms with Gasteiger partial charge in [0.1, 0.15) is 0 Å². The van der Waals surface area contributed by atoms with E-state index in [-0.39, 0.29) is 0 Å². The van der Waals surface area contributed by atoms with Crippen LogP contribution in [-0.4, -0.2) is 29.9 Å². The molecule has 0 aromatic carbocycles. The van der Waals surface area contributed by atoms with Crippen molar-refractivity contribution in [1.82, 2.24) is 4.90 Å². The molecule has 1 amide bonds. The fourth-order valence-electron chi connectivity index (χ4n) is 3.24. The minimum Gasteiger partial charge on any atom is -0.339 e. The summed E-state index contributed by atoms with van der Waals surface area (Å²) in [6.45, 7) is 6.19. The number of nitrogens with two attached hydrogens (primary N) is 1. The van der Waals surface area contributed by atoms with Crippen LogP contribution < -0.4 is 5.73 Å². The molecular formula is C13H24N2O. The smallest absolute Gasteiger partial charge is 0.223 e. The number of amides is 1. The molecule has 2 N–H and O–H groups in total. The second-order valence-electron chi connectivity index (χ2n) is 6.27. The van der Waals surface area contributed by atoms with Crippen molar-refractivity contribution < 1.29 is 4.79 Å². The van der Waals surface area contributed by atoms with Gasteiger partial charge in [-0.2, -0.15) is 0 Å². The first-order valence-corrected chi connectivity index (χ1v) is 6.51. The number of carbonyl (C=O) groups is 1. The third kappa shape index (κ3) is 2.40. The quantitative estimate of drug-likeness (QED) is 0.777. The van der Waals surface area contributed by atoms with Gasteiger partial charge in [0.25, 0.3) is 0 Å². The molecule has 3 nitrogen and oxygen atoms in total. The van der Waals surface area contributed by atoms with Gasteiger partial charge in [-0.15, -0.1) is 0 Å². The maximum atomic E-state index is 11.9. The number of likely N-dealkylation sites (tertiary alicyclic amines) is 1. The Hall–Kier alpha value is -0.570. The second-order valence-corrected chi connectivity index (χ2v) is 6.27. The predicted molar refractivity (Wildman–Crippen MR) is 64.9 cm³/mol. The van der Waals surface area contributed by atoms with Gasteiger partial charge in [-0.25, -0.2) is 0 Å². The van der Waals surface area contributed by atoms with E-state index in [1.54, 1.807) is 0 Å². The number of carbonyl (C=O) groups excluding carboxylic acids is 1. The first kappa shape index (κ1) is 11.9. The lowest BCUT2D eigenvalue weighted by Crippen LogP contribution is -2.42. The van der Waals surface area contributed by atoms with Gasteiger partial charge in [0.15, 0.2) is 0 Å². The van der Waals surface area contributed by atoms with E-state index in [1.165, 1.54) is 19.3 Å². The van der Waals surface area contributed by atoms with Crippen molar-refractivity contribution in [3.63, 3.8) is 0 Å². The summed E-state index contributed by atoms with van der Waals surface area (Å²) in [6.07, 6.45) is 5.58. The Labute approximate surface area is 98.4 Å². The molecule has 2 aliphatic rings. The van der Waals surface area contributed by atoms with Crippen molar-refractivity contribution in [3.05, 3.63) is 0 Å². The number of hydrogen-bond acceptors (Lipinski definition) is 2. The van der Waals surface area contributed by atoms with Gasteiger partial charge in [0.05, 0.1) is 0 Å². The standard InChI is InChI=1S/C13H24N2O/c1-13(2)5-3-4-11(7-13)15-9-10(8-14)6-12(15)16/h10-11H,3-9,14H2,1-2H3. The molecule has 0 aromatic rings. The molecule has 0 spiro atoms. The maximum Gasteiger partial charge on any atom is 0.223 e. The van der Waals surface area contributed by atoms with Crippen molar-refractivity contribution in [2.45, 2.75) is 52.0 Å². The molecule has 16 heavy (non-hydrogen) atoms. The Balaban J connectivity index is 1.99. The predicted octanol–water partition coefficient (Wildman–Crippen LogP) is 1.76. The summed E-state index contributed by atoms with van der Waals surface area (Å²) in [7, 11) is 0. The van der Waals surface area contributed by atoms with E-state index in [1.807, 2.05) is 0 Å². The van der Waals surface area contributed by atoms with Crippen LogP contribution in [0.1, 0.15) is 46.0 Å². The Morgan fingerprint density at radius 2 is 2.25 bits per heavy atom. The molecule has 92 valence electrons. The Bertz CT molecular complexity index is 275. The average molecular weight is 224 g/mol. The highest BCUT2D eigenvalue weighted by Gasteiger charge is 2.37.